The second-order valence-electron chi connectivity index (χ2n) is 4.45. The van der Waals surface area contributed by atoms with Crippen molar-refractivity contribution in [2.75, 3.05) is 7.11 Å². The number of alkyl halides is 3. The molecule has 0 saturated carbocycles. The van der Waals surface area contributed by atoms with Gasteiger partial charge in [-0.3, -0.25) is 0 Å². The summed E-state index contributed by atoms with van der Waals surface area (Å²) in [6.07, 6.45) is -3.02. The lowest BCUT2D eigenvalue weighted by molar-refractivity contribution is -0.139. The van der Waals surface area contributed by atoms with Crippen LogP contribution < -0.4 is 4.74 Å². The smallest absolute Gasteiger partial charge is 0.421 e. The van der Waals surface area contributed by atoms with Crippen LogP contribution in [0.15, 0.2) is 21.9 Å². The standard InChI is InChI=1S/C14H15F3N2OS/c1-5-9(7-18)21-11-6-10(14(15,16)17)13(20-4)19-12(11)8(2)3/h5-6,8H,1-4H3/b9-5+. The van der Waals surface area contributed by atoms with Crippen molar-refractivity contribution in [2.45, 2.75) is 37.8 Å². The minimum absolute atomic E-state index is 0.0968. The molecule has 0 fully saturated rings. The Morgan fingerprint density at radius 1 is 1.48 bits per heavy atom. The Kier molecular flexibility index (Phi) is 5.67. The Morgan fingerprint density at radius 2 is 2.10 bits per heavy atom. The first-order valence-electron chi connectivity index (χ1n) is 6.15. The fraction of sp³-hybridized carbons (Fsp3) is 0.429. The number of methoxy groups -OCH3 is 1. The van der Waals surface area contributed by atoms with E-state index in [0.29, 0.717) is 15.5 Å². The summed E-state index contributed by atoms with van der Waals surface area (Å²) in [5.41, 5.74) is -0.468. The minimum Gasteiger partial charge on any atom is -0.481 e. The number of aromatic nitrogens is 1. The van der Waals surface area contributed by atoms with Gasteiger partial charge in [0.25, 0.3) is 0 Å². The molecule has 1 aromatic rings. The van der Waals surface area contributed by atoms with Crippen LogP contribution in [0.4, 0.5) is 13.2 Å². The SMILES string of the molecule is C/C=C(\C#N)Sc1cc(C(F)(F)F)c(OC)nc1C(C)C. The van der Waals surface area contributed by atoms with Crippen LogP contribution in [0.3, 0.4) is 0 Å². The van der Waals surface area contributed by atoms with Crippen LogP contribution in [-0.2, 0) is 6.18 Å². The van der Waals surface area contributed by atoms with E-state index >= 15 is 0 Å². The summed E-state index contributed by atoms with van der Waals surface area (Å²) < 4.78 is 43.9. The van der Waals surface area contributed by atoms with Crippen LogP contribution in [0.2, 0.25) is 0 Å². The molecule has 0 atom stereocenters. The number of hydrogen-bond donors (Lipinski definition) is 0. The second-order valence-corrected chi connectivity index (χ2v) is 5.53. The summed E-state index contributed by atoms with van der Waals surface area (Å²) in [6.45, 7) is 5.30. The number of nitrogens with zero attached hydrogens (tertiary/aromatic N) is 2. The van der Waals surface area contributed by atoms with E-state index in [1.807, 2.05) is 19.9 Å². The molecule has 1 aromatic heterocycles. The molecule has 0 aliphatic carbocycles. The summed E-state index contributed by atoms with van der Waals surface area (Å²) in [5.74, 6) is -0.546. The van der Waals surface area contributed by atoms with Gasteiger partial charge in [0.1, 0.15) is 11.6 Å². The van der Waals surface area contributed by atoms with Gasteiger partial charge in [0.2, 0.25) is 5.88 Å². The fourth-order valence-corrected chi connectivity index (χ4v) is 2.57. The van der Waals surface area contributed by atoms with E-state index < -0.39 is 17.6 Å². The molecule has 0 unspecified atom stereocenters. The zero-order valence-corrected chi connectivity index (χ0v) is 12.9. The van der Waals surface area contributed by atoms with Crippen LogP contribution >= 0.6 is 11.8 Å². The Labute approximate surface area is 125 Å². The Bertz CT molecular complexity index is 589. The van der Waals surface area contributed by atoms with Gasteiger partial charge in [-0.25, -0.2) is 4.98 Å². The van der Waals surface area contributed by atoms with Crippen molar-refractivity contribution < 1.29 is 17.9 Å². The van der Waals surface area contributed by atoms with Gasteiger partial charge in [0, 0.05) is 4.90 Å². The highest BCUT2D eigenvalue weighted by atomic mass is 32.2. The molecule has 3 nitrogen and oxygen atoms in total. The predicted molar refractivity (Wildman–Crippen MR) is 75.1 cm³/mol. The van der Waals surface area contributed by atoms with Crippen LogP contribution in [0.1, 0.15) is 37.9 Å². The van der Waals surface area contributed by atoms with Crippen LogP contribution in [0.5, 0.6) is 5.88 Å². The number of pyridine rings is 1. The molecule has 7 heteroatoms. The average Bonchev–Trinajstić information content (AvgIpc) is 2.42. The maximum absolute atomic E-state index is 13.0. The summed E-state index contributed by atoms with van der Waals surface area (Å²) in [6, 6.07) is 2.93. The van der Waals surface area contributed by atoms with Crippen molar-refractivity contribution in [3.05, 3.63) is 28.3 Å². The first-order valence-corrected chi connectivity index (χ1v) is 6.96. The highest BCUT2D eigenvalue weighted by Gasteiger charge is 2.36. The topological polar surface area (TPSA) is 45.9 Å². The molecule has 0 aromatic carbocycles. The quantitative estimate of drug-likeness (QED) is 0.594. The molecule has 1 rings (SSSR count). The molecule has 114 valence electrons. The molecular formula is C14H15F3N2OS. The number of ether oxygens (including phenoxy) is 1. The third kappa shape index (κ3) is 4.14. The number of allylic oxidation sites excluding steroid dienone is 2. The van der Waals surface area contributed by atoms with E-state index in [4.69, 9.17) is 10.00 Å². The zero-order valence-electron chi connectivity index (χ0n) is 12.1. The van der Waals surface area contributed by atoms with Gasteiger partial charge >= 0.3 is 6.18 Å². The molecule has 0 radical (unpaired) electrons. The highest BCUT2D eigenvalue weighted by molar-refractivity contribution is 8.03. The highest BCUT2D eigenvalue weighted by Crippen LogP contribution is 2.41. The molecule has 0 saturated heterocycles. The van der Waals surface area contributed by atoms with E-state index in [0.717, 1.165) is 24.9 Å². The largest absolute Gasteiger partial charge is 0.481 e. The Hall–Kier alpha value is -1.68. The average molecular weight is 316 g/mol. The lowest BCUT2D eigenvalue weighted by Crippen LogP contribution is -2.11. The first kappa shape index (κ1) is 17.4. The molecule has 0 aliphatic heterocycles. The molecular weight excluding hydrogens is 301 g/mol. The van der Waals surface area contributed by atoms with Crippen molar-refractivity contribution in [2.24, 2.45) is 0 Å². The molecule has 0 spiro atoms. The summed E-state index contributed by atoms with van der Waals surface area (Å²) in [7, 11) is 1.15. The number of nitriles is 1. The minimum atomic E-state index is -4.56. The number of halogens is 3. The van der Waals surface area contributed by atoms with Gasteiger partial charge in [-0.2, -0.15) is 18.4 Å². The van der Waals surface area contributed by atoms with Crippen LogP contribution in [-0.4, -0.2) is 12.1 Å². The maximum atomic E-state index is 13.0. The Balaban J connectivity index is 3.50. The van der Waals surface area contributed by atoms with Crippen LogP contribution in [0.25, 0.3) is 0 Å². The number of thioether (sulfide) groups is 1. The van der Waals surface area contributed by atoms with E-state index in [9.17, 15) is 13.2 Å². The fourth-order valence-electron chi connectivity index (χ4n) is 1.61. The third-order valence-corrected chi connectivity index (χ3v) is 3.71. The van der Waals surface area contributed by atoms with Crippen molar-refractivity contribution in [1.29, 1.82) is 5.26 Å². The van der Waals surface area contributed by atoms with Gasteiger partial charge in [0.15, 0.2) is 0 Å². The van der Waals surface area contributed by atoms with Gasteiger partial charge in [0.05, 0.1) is 17.7 Å². The monoisotopic (exact) mass is 316 g/mol. The van der Waals surface area contributed by atoms with Crippen molar-refractivity contribution >= 4 is 11.8 Å². The molecule has 21 heavy (non-hydrogen) atoms. The molecule has 0 aliphatic rings. The summed E-state index contributed by atoms with van der Waals surface area (Å²) in [4.78, 5) is 4.61. The van der Waals surface area contributed by atoms with E-state index in [2.05, 4.69) is 4.98 Å². The summed E-state index contributed by atoms with van der Waals surface area (Å²) in [5, 5.41) is 8.94. The summed E-state index contributed by atoms with van der Waals surface area (Å²) >= 11 is 0.975. The van der Waals surface area contributed by atoms with Crippen molar-refractivity contribution in [3.63, 3.8) is 0 Å². The van der Waals surface area contributed by atoms with Crippen molar-refractivity contribution in [3.8, 4) is 11.9 Å². The van der Waals surface area contributed by atoms with E-state index in [1.165, 1.54) is 0 Å². The maximum Gasteiger partial charge on any atom is 0.421 e. The number of hydrogen-bond acceptors (Lipinski definition) is 4. The predicted octanol–water partition coefficient (Wildman–Crippen LogP) is 4.75. The molecule has 0 N–H and O–H groups in total. The lowest BCUT2D eigenvalue weighted by Gasteiger charge is -2.17. The first-order chi connectivity index (χ1) is 9.74. The zero-order chi connectivity index (χ0) is 16.2. The molecule has 0 amide bonds. The second kappa shape index (κ2) is 6.85. The molecule has 0 bridgehead atoms. The van der Waals surface area contributed by atoms with E-state index in [-0.39, 0.29) is 5.92 Å². The van der Waals surface area contributed by atoms with Gasteiger partial charge in [-0.1, -0.05) is 31.7 Å². The van der Waals surface area contributed by atoms with Gasteiger partial charge < -0.3 is 4.74 Å². The van der Waals surface area contributed by atoms with Gasteiger partial charge in [-0.05, 0) is 18.9 Å². The van der Waals surface area contributed by atoms with Crippen LogP contribution in [0, 0.1) is 11.3 Å². The number of rotatable bonds is 4. The van der Waals surface area contributed by atoms with Gasteiger partial charge in [-0.15, -0.1) is 0 Å². The van der Waals surface area contributed by atoms with Crippen molar-refractivity contribution in [1.82, 2.24) is 4.98 Å². The third-order valence-electron chi connectivity index (χ3n) is 2.62. The Morgan fingerprint density at radius 3 is 2.48 bits per heavy atom. The lowest BCUT2D eigenvalue weighted by atomic mass is 10.1. The van der Waals surface area contributed by atoms with E-state index in [1.54, 1.807) is 13.0 Å². The normalized spacial score (nSPS) is 12.4. The molecule has 1 heterocycles.